The number of esters is 1. The molecule has 1 heterocycles. The van der Waals surface area contributed by atoms with Gasteiger partial charge in [0.05, 0.1) is 7.11 Å². The van der Waals surface area contributed by atoms with E-state index in [1.807, 2.05) is 0 Å². The van der Waals surface area contributed by atoms with Crippen LogP contribution in [0.1, 0.15) is 111 Å². The molecule has 0 aromatic heterocycles. The van der Waals surface area contributed by atoms with Crippen LogP contribution >= 0.6 is 0 Å². The number of hydrazine groups is 1. The molecule has 2 amide bonds. The lowest BCUT2D eigenvalue weighted by molar-refractivity contribution is -0.146. The van der Waals surface area contributed by atoms with E-state index in [2.05, 4.69) is 17.7 Å². The van der Waals surface area contributed by atoms with Crippen molar-refractivity contribution in [2.24, 2.45) is 0 Å². The summed E-state index contributed by atoms with van der Waals surface area (Å²) in [6.07, 6.45) is 13.2. The maximum absolute atomic E-state index is 13.0. The summed E-state index contributed by atoms with van der Waals surface area (Å²) < 4.78 is 10.3. The average molecular weight is 470 g/mol. The second-order valence-corrected chi connectivity index (χ2v) is 9.97. The Labute approximate surface area is 200 Å². The first kappa shape index (κ1) is 29.2. The van der Waals surface area contributed by atoms with Gasteiger partial charge in [0.2, 0.25) is 5.91 Å². The van der Waals surface area contributed by atoms with E-state index in [0.29, 0.717) is 19.4 Å². The molecule has 0 radical (unpaired) electrons. The quantitative estimate of drug-likeness (QED) is 0.279. The molecule has 2 atom stereocenters. The molecule has 0 saturated carbocycles. The maximum Gasteiger partial charge on any atom is 0.425 e. The van der Waals surface area contributed by atoms with E-state index in [1.54, 1.807) is 20.8 Å². The molecule has 1 aliphatic rings. The molecule has 8 nitrogen and oxygen atoms in total. The number of unbranched alkanes of at least 4 members (excludes halogenated alkanes) is 9. The van der Waals surface area contributed by atoms with Crippen LogP contribution in [0, 0.1) is 0 Å². The highest BCUT2D eigenvalue weighted by atomic mass is 16.6. The van der Waals surface area contributed by atoms with Gasteiger partial charge < -0.3 is 14.8 Å². The third-order valence-corrected chi connectivity index (χ3v) is 5.79. The molecular weight excluding hydrogens is 422 g/mol. The average Bonchev–Trinajstić information content (AvgIpc) is 2.77. The van der Waals surface area contributed by atoms with Crippen LogP contribution in [0.2, 0.25) is 0 Å². The van der Waals surface area contributed by atoms with Crippen molar-refractivity contribution in [1.82, 2.24) is 15.8 Å². The summed E-state index contributed by atoms with van der Waals surface area (Å²) >= 11 is 0. The highest BCUT2D eigenvalue weighted by Gasteiger charge is 2.36. The first-order chi connectivity index (χ1) is 15.7. The number of carbonyl (C=O) groups is 3. The number of carbonyl (C=O) groups excluding carboxylic acids is 3. The van der Waals surface area contributed by atoms with Crippen molar-refractivity contribution >= 4 is 18.0 Å². The molecule has 0 aromatic rings. The fourth-order valence-corrected chi connectivity index (χ4v) is 3.98. The Morgan fingerprint density at radius 2 is 1.58 bits per heavy atom. The number of hydrogen-bond acceptors (Lipinski definition) is 6. The fourth-order valence-electron chi connectivity index (χ4n) is 3.98. The summed E-state index contributed by atoms with van der Waals surface area (Å²) in [6, 6.07) is -1.44. The monoisotopic (exact) mass is 469 g/mol. The van der Waals surface area contributed by atoms with E-state index in [9.17, 15) is 14.4 Å². The zero-order chi connectivity index (χ0) is 24.7. The first-order valence-electron chi connectivity index (χ1n) is 12.8. The van der Waals surface area contributed by atoms with Crippen molar-refractivity contribution in [3.05, 3.63) is 0 Å². The van der Waals surface area contributed by atoms with Gasteiger partial charge in [-0.1, -0.05) is 71.1 Å². The lowest BCUT2D eigenvalue weighted by Crippen LogP contribution is -2.61. The molecule has 0 aliphatic carbocycles. The van der Waals surface area contributed by atoms with Gasteiger partial charge in [-0.05, 0) is 40.0 Å². The molecule has 1 rings (SSSR count). The Hall–Kier alpha value is -1.83. The van der Waals surface area contributed by atoms with Crippen molar-refractivity contribution in [3.8, 4) is 0 Å². The second kappa shape index (κ2) is 15.9. The first-order valence-corrected chi connectivity index (χ1v) is 12.8. The van der Waals surface area contributed by atoms with Gasteiger partial charge in [0.15, 0.2) is 0 Å². The van der Waals surface area contributed by atoms with Gasteiger partial charge >= 0.3 is 12.1 Å². The van der Waals surface area contributed by atoms with E-state index >= 15 is 0 Å². The Kier molecular flexibility index (Phi) is 14.1. The van der Waals surface area contributed by atoms with Crippen molar-refractivity contribution in [2.45, 2.75) is 129 Å². The summed E-state index contributed by atoms with van der Waals surface area (Å²) in [7, 11) is 1.33. The SMILES string of the molecule is CCCCCCCCCCCCC(NC(=O)[C@H]1CCCNN1C(=O)OC(C)(C)C)C(=O)OC. The van der Waals surface area contributed by atoms with Crippen LogP contribution in [0.4, 0.5) is 4.79 Å². The smallest absolute Gasteiger partial charge is 0.425 e. The topological polar surface area (TPSA) is 97.0 Å². The number of rotatable bonds is 14. The summed E-state index contributed by atoms with van der Waals surface area (Å²) in [5.74, 6) is -0.817. The second-order valence-electron chi connectivity index (χ2n) is 9.97. The van der Waals surface area contributed by atoms with Gasteiger partial charge in [-0.3, -0.25) is 4.79 Å². The molecular formula is C25H47N3O5. The molecule has 192 valence electrons. The minimum atomic E-state index is -0.728. The van der Waals surface area contributed by atoms with Crippen LogP contribution in [0.3, 0.4) is 0 Å². The summed E-state index contributed by atoms with van der Waals surface area (Å²) in [5.41, 5.74) is 2.29. The molecule has 8 heteroatoms. The van der Waals surface area contributed by atoms with Crippen molar-refractivity contribution in [1.29, 1.82) is 0 Å². The molecule has 0 bridgehead atoms. The van der Waals surface area contributed by atoms with E-state index in [-0.39, 0.29) is 5.91 Å². The van der Waals surface area contributed by atoms with Crippen molar-refractivity contribution < 1.29 is 23.9 Å². The van der Waals surface area contributed by atoms with E-state index in [1.165, 1.54) is 57.1 Å². The zero-order valence-corrected chi connectivity index (χ0v) is 21.5. The fraction of sp³-hybridized carbons (Fsp3) is 0.880. The Morgan fingerprint density at radius 1 is 1.00 bits per heavy atom. The number of ether oxygens (including phenoxy) is 2. The molecule has 1 unspecified atom stereocenters. The van der Waals surface area contributed by atoms with E-state index in [0.717, 1.165) is 25.7 Å². The van der Waals surface area contributed by atoms with Crippen LogP contribution in [0.15, 0.2) is 0 Å². The minimum absolute atomic E-state index is 0.365. The van der Waals surface area contributed by atoms with Gasteiger partial charge in [-0.2, -0.15) is 0 Å². The summed E-state index contributed by atoms with van der Waals surface area (Å²) in [4.78, 5) is 37.8. The van der Waals surface area contributed by atoms with E-state index < -0.39 is 29.7 Å². The van der Waals surface area contributed by atoms with Crippen LogP contribution in [0.5, 0.6) is 0 Å². The summed E-state index contributed by atoms with van der Waals surface area (Å²) in [5, 5.41) is 4.06. The molecule has 0 aromatic carbocycles. The predicted octanol–water partition coefficient (Wildman–Crippen LogP) is 4.86. The number of amides is 2. The Balaban J connectivity index is 2.49. The Bertz CT molecular complexity index is 591. The molecule has 1 aliphatic heterocycles. The highest BCUT2D eigenvalue weighted by Crippen LogP contribution is 2.17. The maximum atomic E-state index is 13.0. The standard InChI is InChI=1S/C25H47N3O5/c1-6-7-8-9-10-11-12-13-14-15-17-20(23(30)32-5)27-22(29)21-18-16-19-26-28(21)24(31)33-25(2,3)4/h20-21,26H,6-19H2,1-5H3,(H,27,29)/t20?,21-/m1/s1. The van der Waals surface area contributed by atoms with Crippen molar-refractivity contribution in [2.75, 3.05) is 13.7 Å². The lowest BCUT2D eigenvalue weighted by atomic mass is 10.0. The number of nitrogens with zero attached hydrogens (tertiary/aromatic N) is 1. The summed E-state index contributed by atoms with van der Waals surface area (Å²) in [6.45, 7) is 8.16. The molecule has 1 fully saturated rings. The lowest BCUT2D eigenvalue weighted by Gasteiger charge is -2.36. The van der Waals surface area contributed by atoms with Crippen LogP contribution < -0.4 is 10.7 Å². The van der Waals surface area contributed by atoms with Crippen LogP contribution in [-0.2, 0) is 19.1 Å². The zero-order valence-electron chi connectivity index (χ0n) is 21.5. The number of nitrogens with one attached hydrogen (secondary N) is 2. The van der Waals surface area contributed by atoms with Crippen molar-refractivity contribution in [3.63, 3.8) is 0 Å². The number of hydrogen-bond donors (Lipinski definition) is 2. The van der Waals surface area contributed by atoms with Gasteiger partial charge in [-0.25, -0.2) is 20.0 Å². The van der Waals surface area contributed by atoms with Gasteiger partial charge in [-0.15, -0.1) is 0 Å². The van der Waals surface area contributed by atoms with Gasteiger partial charge in [0.1, 0.15) is 17.7 Å². The third kappa shape index (κ3) is 12.3. The highest BCUT2D eigenvalue weighted by molar-refractivity contribution is 5.89. The number of methoxy groups -OCH3 is 1. The van der Waals surface area contributed by atoms with E-state index in [4.69, 9.17) is 9.47 Å². The minimum Gasteiger partial charge on any atom is -0.467 e. The normalized spacial score (nSPS) is 17.4. The van der Waals surface area contributed by atoms with Crippen LogP contribution in [0.25, 0.3) is 0 Å². The third-order valence-electron chi connectivity index (χ3n) is 5.79. The molecule has 1 saturated heterocycles. The molecule has 0 spiro atoms. The van der Waals surface area contributed by atoms with Crippen LogP contribution in [-0.4, -0.2) is 54.3 Å². The Morgan fingerprint density at radius 3 is 2.12 bits per heavy atom. The largest absolute Gasteiger partial charge is 0.467 e. The van der Waals surface area contributed by atoms with Gasteiger partial charge in [0.25, 0.3) is 0 Å². The predicted molar refractivity (Wildman–Crippen MR) is 130 cm³/mol. The van der Waals surface area contributed by atoms with Gasteiger partial charge in [0, 0.05) is 6.54 Å². The molecule has 33 heavy (non-hydrogen) atoms. The molecule has 2 N–H and O–H groups in total.